The van der Waals surface area contributed by atoms with Gasteiger partial charge in [0, 0.05) is 31.2 Å². The zero-order valence-electron chi connectivity index (χ0n) is 22.3. The number of alkyl halides is 6. The van der Waals surface area contributed by atoms with Crippen molar-refractivity contribution in [3.8, 4) is 11.5 Å². The van der Waals surface area contributed by atoms with Crippen LogP contribution in [0.1, 0.15) is 29.8 Å². The Morgan fingerprint density at radius 3 is 2.10 bits per heavy atom. The maximum atomic E-state index is 12.9. The van der Waals surface area contributed by atoms with E-state index in [9.17, 15) is 31.1 Å². The van der Waals surface area contributed by atoms with E-state index < -0.39 is 46.5 Å². The number of esters is 1. The average molecular weight is 602 g/mol. The van der Waals surface area contributed by atoms with Crippen LogP contribution in [0.25, 0.3) is 0 Å². The Labute approximate surface area is 235 Å². The first-order chi connectivity index (χ1) is 19.2. The number of hydrogen-bond donors (Lipinski definition) is 0. The second-order valence-electron chi connectivity index (χ2n) is 9.80. The molecule has 3 aromatic carbocycles. The number of carbonyl (C=O) groups excluding carboxylic acids is 1. The SMILES string of the molecule is COCCOc1cc([S+](c2ccccc2)c2ccc(C(=O)OC(C(F)(F)F)C(F)(F)F)cc2)cc2c1OC(C)(C)C2. The third kappa shape index (κ3) is 7.28. The van der Waals surface area contributed by atoms with E-state index in [-0.39, 0.29) is 6.61 Å². The van der Waals surface area contributed by atoms with Crippen LogP contribution >= 0.6 is 0 Å². The van der Waals surface area contributed by atoms with Crippen LogP contribution in [0.5, 0.6) is 11.5 Å². The lowest BCUT2D eigenvalue weighted by Gasteiger charge is -2.22. The van der Waals surface area contributed by atoms with Gasteiger partial charge in [0.25, 0.3) is 6.10 Å². The van der Waals surface area contributed by atoms with E-state index in [1.54, 1.807) is 7.11 Å². The Morgan fingerprint density at radius 2 is 1.51 bits per heavy atom. The molecule has 1 aliphatic heterocycles. The molecular formula is C29H27F6O5S+. The van der Waals surface area contributed by atoms with Crippen LogP contribution in [-0.2, 0) is 26.8 Å². The van der Waals surface area contributed by atoms with Crippen molar-refractivity contribution in [1.29, 1.82) is 0 Å². The Bertz CT molecular complexity index is 1340. The summed E-state index contributed by atoms with van der Waals surface area (Å²) in [5.74, 6) is -0.575. The van der Waals surface area contributed by atoms with Crippen LogP contribution in [-0.4, -0.2) is 50.4 Å². The molecular weight excluding hydrogens is 574 g/mol. The average Bonchev–Trinajstić information content (AvgIpc) is 3.21. The number of benzene rings is 3. The van der Waals surface area contributed by atoms with E-state index in [4.69, 9.17) is 14.2 Å². The molecule has 1 unspecified atom stereocenters. The summed E-state index contributed by atoms with van der Waals surface area (Å²) in [6.45, 7) is 4.56. The maximum absolute atomic E-state index is 12.9. The first kappa shape index (κ1) is 30.6. The van der Waals surface area contributed by atoms with Crippen molar-refractivity contribution in [2.75, 3.05) is 20.3 Å². The third-order valence-electron chi connectivity index (χ3n) is 6.00. The molecule has 1 atom stereocenters. The van der Waals surface area contributed by atoms with E-state index in [0.29, 0.717) is 29.4 Å². The van der Waals surface area contributed by atoms with Crippen molar-refractivity contribution in [1.82, 2.24) is 0 Å². The minimum atomic E-state index is -5.80. The fraction of sp³-hybridized carbons (Fsp3) is 0.345. The predicted molar refractivity (Wildman–Crippen MR) is 139 cm³/mol. The van der Waals surface area contributed by atoms with Crippen LogP contribution in [0, 0.1) is 0 Å². The summed E-state index contributed by atoms with van der Waals surface area (Å²) in [4.78, 5) is 14.7. The van der Waals surface area contributed by atoms with Gasteiger partial charge in [-0.1, -0.05) is 18.2 Å². The minimum Gasteiger partial charge on any atom is -0.487 e. The lowest BCUT2D eigenvalue weighted by Crippen LogP contribution is -2.45. The molecule has 3 aromatic rings. The van der Waals surface area contributed by atoms with Crippen molar-refractivity contribution in [3.05, 3.63) is 77.9 Å². The minimum absolute atomic E-state index is 0.281. The van der Waals surface area contributed by atoms with Gasteiger partial charge in [0.15, 0.2) is 26.2 Å². The van der Waals surface area contributed by atoms with Gasteiger partial charge in [0.1, 0.15) is 12.2 Å². The maximum Gasteiger partial charge on any atom is 0.434 e. The molecule has 0 aromatic heterocycles. The van der Waals surface area contributed by atoms with Crippen LogP contribution in [0.4, 0.5) is 26.3 Å². The number of carbonyl (C=O) groups is 1. The Balaban J connectivity index is 1.71. The largest absolute Gasteiger partial charge is 0.487 e. The van der Waals surface area contributed by atoms with Gasteiger partial charge in [-0.25, -0.2) is 4.79 Å². The van der Waals surface area contributed by atoms with E-state index in [1.807, 2.05) is 56.3 Å². The number of hydrogen-bond acceptors (Lipinski definition) is 5. The molecule has 0 bridgehead atoms. The topological polar surface area (TPSA) is 54.0 Å². The van der Waals surface area contributed by atoms with Crippen LogP contribution in [0.15, 0.2) is 81.4 Å². The molecule has 1 heterocycles. The van der Waals surface area contributed by atoms with Gasteiger partial charge in [-0.15, -0.1) is 0 Å². The molecule has 0 aliphatic carbocycles. The van der Waals surface area contributed by atoms with Gasteiger partial charge in [-0.3, -0.25) is 0 Å². The summed E-state index contributed by atoms with van der Waals surface area (Å²) < 4.78 is 98.4. The first-order valence-corrected chi connectivity index (χ1v) is 13.6. The molecule has 0 radical (unpaired) electrons. The van der Waals surface area contributed by atoms with Gasteiger partial charge in [-0.2, -0.15) is 26.3 Å². The Morgan fingerprint density at radius 1 is 0.902 bits per heavy atom. The van der Waals surface area contributed by atoms with Gasteiger partial charge < -0.3 is 18.9 Å². The second-order valence-corrected chi connectivity index (χ2v) is 11.8. The van der Waals surface area contributed by atoms with Crippen molar-refractivity contribution in [3.63, 3.8) is 0 Å². The summed E-state index contributed by atoms with van der Waals surface area (Å²) >= 11 is 0. The highest BCUT2D eigenvalue weighted by atomic mass is 32.2. The van der Waals surface area contributed by atoms with Gasteiger partial charge in [0.2, 0.25) is 0 Å². The molecule has 0 saturated carbocycles. The second kappa shape index (κ2) is 11.8. The standard InChI is InChI=1S/C29H27F6O5S/c1-27(2)17-19-15-22(16-23(24(19)40-27)38-14-13-37-3)41(20-7-5-4-6-8-20)21-11-9-18(10-12-21)25(36)39-26(28(30,31)32)29(33,34)35/h4-12,15-16,26H,13-14,17H2,1-3H3/q+1. The Kier molecular flexibility index (Phi) is 8.84. The third-order valence-corrected chi connectivity index (χ3v) is 8.20. The monoisotopic (exact) mass is 601 g/mol. The zero-order valence-corrected chi connectivity index (χ0v) is 23.1. The van der Waals surface area contributed by atoms with Crippen LogP contribution < -0.4 is 9.47 Å². The molecule has 41 heavy (non-hydrogen) atoms. The quantitative estimate of drug-likeness (QED) is 0.113. The van der Waals surface area contributed by atoms with E-state index in [2.05, 4.69) is 4.74 Å². The molecule has 4 rings (SSSR count). The van der Waals surface area contributed by atoms with E-state index >= 15 is 0 Å². The predicted octanol–water partition coefficient (Wildman–Crippen LogP) is 7.17. The molecule has 1 aliphatic rings. The van der Waals surface area contributed by atoms with Crippen molar-refractivity contribution in [2.45, 2.75) is 59.0 Å². The molecule has 0 saturated heterocycles. The number of fused-ring (bicyclic) bond motifs is 1. The molecule has 0 amide bonds. The smallest absolute Gasteiger partial charge is 0.434 e. The normalized spacial score (nSPS) is 15.3. The summed E-state index contributed by atoms with van der Waals surface area (Å²) in [6.07, 6.45) is -15.2. The summed E-state index contributed by atoms with van der Waals surface area (Å²) in [5.41, 5.74) is 0.0219. The van der Waals surface area contributed by atoms with Crippen molar-refractivity contribution in [2.24, 2.45) is 0 Å². The van der Waals surface area contributed by atoms with E-state index in [1.165, 1.54) is 12.1 Å². The number of methoxy groups -OCH3 is 1. The lowest BCUT2D eigenvalue weighted by atomic mass is 10.0. The van der Waals surface area contributed by atoms with Crippen molar-refractivity contribution >= 4 is 16.9 Å². The van der Waals surface area contributed by atoms with Crippen molar-refractivity contribution < 1.29 is 50.1 Å². The van der Waals surface area contributed by atoms with Gasteiger partial charge >= 0.3 is 18.3 Å². The highest BCUT2D eigenvalue weighted by Crippen LogP contribution is 2.46. The number of halogens is 6. The summed E-state index contributed by atoms with van der Waals surface area (Å²) in [5, 5.41) is 0. The summed E-state index contributed by atoms with van der Waals surface area (Å²) in [6, 6.07) is 18.5. The highest BCUT2D eigenvalue weighted by molar-refractivity contribution is 7.97. The van der Waals surface area contributed by atoms with E-state index in [0.717, 1.165) is 27.5 Å². The lowest BCUT2D eigenvalue weighted by molar-refractivity contribution is -0.307. The molecule has 5 nitrogen and oxygen atoms in total. The molecule has 0 spiro atoms. The first-order valence-electron chi connectivity index (χ1n) is 12.4. The molecule has 0 N–H and O–H groups in total. The van der Waals surface area contributed by atoms with Crippen LogP contribution in [0.3, 0.4) is 0 Å². The number of ether oxygens (including phenoxy) is 4. The van der Waals surface area contributed by atoms with Gasteiger partial charge in [0.05, 0.1) is 23.1 Å². The zero-order chi connectivity index (χ0) is 30.0. The number of rotatable bonds is 9. The summed E-state index contributed by atoms with van der Waals surface area (Å²) in [7, 11) is 0.769. The molecule has 220 valence electrons. The Hall–Kier alpha value is -3.38. The molecule has 12 heteroatoms. The fourth-order valence-electron chi connectivity index (χ4n) is 4.30. The highest BCUT2D eigenvalue weighted by Gasteiger charge is 2.60. The fourth-order valence-corrected chi connectivity index (χ4v) is 6.44. The molecule has 0 fully saturated rings. The van der Waals surface area contributed by atoms with Crippen LogP contribution in [0.2, 0.25) is 0 Å². The van der Waals surface area contributed by atoms with Gasteiger partial charge in [-0.05, 0) is 50.2 Å².